The minimum absolute atomic E-state index is 0.00596. The SMILES string of the molecule is CC(C)c1ccc(C(=O)NC(C)(C)CN2CCOCC2)cc1. The number of ether oxygens (including phenoxy) is 1. The van der Waals surface area contributed by atoms with Gasteiger partial charge < -0.3 is 10.1 Å². The van der Waals surface area contributed by atoms with Crippen molar-refractivity contribution in [2.24, 2.45) is 0 Å². The molecule has 1 aliphatic heterocycles. The zero-order valence-corrected chi connectivity index (χ0v) is 14.2. The number of benzene rings is 1. The zero-order chi connectivity index (χ0) is 16.2. The quantitative estimate of drug-likeness (QED) is 0.909. The van der Waals surface area contributed by atoms with Crippen LogP contribution in [0.25, 0.3) is 0 Å². The summed E-state index contributed by atoms with van der Waals surface area (Å²) < 4.78 is 5.37. The van der Waals surface area contributed by atoms with Gasteiger partial charge >= 0.3 is 0 Å². The molecule has 0 radical (unpaired) electrons. The molecule has 122 valence electrons. The van der Waals surface area contributed by atoms with Gasteiger partial charge in [-0.05, 0) is 37.5 Å². The van der Waals surface area contributed by atoms with Crippen molar-refractivity contribution in [1.82, 2.24) is 10.2 Å². The maximum Gasteiger partial charge on any atom is 0.251 e. The highest BCUT2D eigenvalue weighted by Gasteiger charge is 2.25. The molecule has 4 heteroatoms. The maximum absolute atomic E-state index is 12.4. The highest BCUT2D eigenvalue weighted by Crippen LogP contribution is 2.15. The second-order valence-electron chi connectivity index (χ2n) is 7.00. The molecule has 0 atom stereocenters. The van der Waals surface area contributed by atoms with Crippen molar-refractivity contribution in [1.29, 1.82) is 0 Å². The average molecular weight is 304 g/mol. The van der Waals surface area contributed by atoms with Gasteiger partial charge in [0.2, 0.25) is 0 Å². The van der Waals surface area contributed by atoms with Gasteiger partial charge in [0.1, 0.15) is 0 Å². The Balaban J connectivity index is 1.94. The fourth-order valence-electron chi connectivity index (χ4n) is 2.76. The number of rotatable bonds is 5. The topological polar surface area (TPSA) is 41.6 Å². The Bertz CT molecular complexity index is 488. The lowest BCUT2D eigenvalue weighted by Crippen LogP contribution is -2.53. The molecule has 1 fully saturated rings. The van der Waals surface area contributed by atoms with E-state index >= 15 is 0 Å². The summed E-state index contributed by atoms with van der Waals surface area (Å²) in [7, 11) is 0. The molecule has 0 aromatic heterocycles. The summed E-state index contributed by atoms with van der Waals surface area (Å²) in [6, 6.07) is 7.90. The van der Waals surface area contributed by atoms with Crippen molar-refractivity contribution in [3.8, 4) is 0 Å². The van der Waals surface area contributed by atoms with E-state index in [2.05, 4.69) is 37.9 Å². The monoisotopic (exact) mass is 304 g/mol. The molecule has 1 aliphatic rings. The molecule has 0 aliphatic carbocycles. The second-order valence-corrected chi connectivity index (χ2v) is 7.00. The Kier molecular flexibility index (Phi) is 5.59. The number of carbonyl (C=O) groups is 1. The van der Waals surface area contributed by atoms with Crippen LogP contribution in [0.3, 0.4) is 0 Å². The Morgan fingerprint density at radius 2 is 1.82 bits per heavy atom. The van der Waals surface area contributed by atoms with Crippen LogP contribution >= 0.6 is 0 Å². The van der Waals surface area contributed by atoms with Crippen LogP contribution in [0.5, 0.6) is 0 Å². The highest BCUT2D eigenvalue weighted by molar-refractivity contribution is 5.94. The van der Waals surface area contributed by atoms with E-state index in [0.717, 1.165) is 38.4 Å². The number of nitrogens with zero attached hydrogens (tertiary/aromatic N) is 1. The van der Waals surface area contributed by atoms with E-state index in [1.54, 1.807) is 0 Å². The van der Waals surface area contributed by atoms with Gasteiger partial charge in [0.25, 0.3) is 5.91 Å². The van der Waals surface area contributed by atoms with E-state index < -0.39 is 0 Å². The molecule has 0 spiro atoms. The minimum atomic E-state index is -0.259. The van der Waals surface area contributed by atoms with E-state index in [-0.39, 0.29) is 11.4 Å². The summed E-state index contributed by atoms with van der Waals surface area (Å²) in [6.45, 7) is 12.7. The average Bonchev–Trinajstić information content (AvgIpc) is 2.47. The molecular formula is C18H28N2O2. The third-order valence-electron chi connectivity index (χ3n) is 4.01. The fraction of sp³-hybridized carbons (Fsp3) is 0.611. The number of amides is 1. The Morgan fingerprint density at radius 3 is 2.36 bits per heavy atom. The van der Waals surface area contributed by atoms with Crippen molar-refractivity contribution < 1.29 is 9.53 Å². The summed E-state index contributed by atoms with van der Waals surface area (Å²) in [5.41, 5.74) is 1.72. The predicted molar refractivity (Wildman–Crippen MR) is 89.3 cm³/mol. The van der Waals surface area contributed by atoms with Gasteiger partial charge in [0, 0.05) is 30.7 Å². The summed E-state index contributed by atoms with van der Waals surface area (Å²) in [5.74, 6) is 0.475. The van der Waals surface area contributed by atoms with Crippen LogP contribution in [-0.2, 0) is 4.74 Å². The highest BCUT2D eigenvalue weighted by atomic mass is 16.5. The second kappa shape index (κ2) is 7.25. The number of hydrogen-bond donors (Lipinski definition) is 1. The molecule has 0 saturated carbocycles. The van der Waals surface area contributed by atoms with E-state index in [4.69, 9.17) is 4.74 Å². The summed E-state index contributed by atoms with van der Waals surface area (Å²) in [5, 5.41) is 3.15. The summed E-state index contributed by atoms with van der Waals surface area (Å²) >= 11 is 0. The molecule has 22 heavy (non-hydrogen) atoms. The predicted octanol–water partition coefficient (Wildman–Crippen LogP) is 2.65. The molecule has 1 aromatic carbocycles. The van der Waals surface area contributed by atoms with Gasteiger partial charge in [-0.3, -0.25) is 9.69 Å². The first-order chi connectivity index (χ1) is 10.4. The first kappa shape index (κ1) is 17.0. The van der Waals surface area contributed by atoms with Crippen LogP contribution in [0.15, 0.2) is 24.3 Å². The van der Waals surface area contributed by atoms with Crippen LogP contribution < -0.4 is 5.32 Å². The number of morpholine rings is 1. The van der Waals surface area contributed by atoms with Crippen LogP contribution in [-0.4, -0.2) is 49.2 Å². The normalized spacial score (nSPS) is 16.8. The van der Waals surface area contributed by atoms with Crippen molar-refractivity contribution in [3.05, 3.63) is 35.4 Å². The smallest absolute Gasteiger partial charge is 0.251 e. The van der Waals surface area contributed by atoms with Gasteiger partial charge in [0.05, 0.1) is 13.2 Å². The van der Waals surface area contributed by atoms with E-state index in [0.29, 0.717) is 5.92 Å². The Hall–Kier alpha value is -1.39. The van der Waals surface area contributed by atoms with Gasteiger partial charge in [-0.1, -0.05) is 26.0 Å². The molecule has 1 amide bonds. The molecule has 4 nitrogen and oxygen atoms in total. The number of carbonyl (C=O) groups excluding carboxylic acids is 1. The number of hydrogen-bond acceptors (Lipinski definition) is 3. The minimum Gasteiger partial charge on any atom is -0.379 e. The lowest BCUT2D eigenvalue weighted by Gasteiger charge is -2.35. The molecular weight excluding hydrogens is 276 g/mol. The largest absolute Gasteiger partial charge is 0.379 e. The van der Waals surface area contributed by atoms with Crippen molar-refractivity contribution in [2.75, 3.05) is 32.8 Å². The molecule has 0 unspecified atom stereocenters. The third kappa shape index (κ3) is 4.82. The molecule has 1 aromatic rings. The van der Waals surface area contributed by atoms with Gasteiger partial charge in [-0.25, -0.2) is 0 Å². The Labute approximate surface area is 133 Å². The van der Waals surface area contributed by atoms with Crippen molar-refractivity contribution in [2.45, 2.75) is 39.2 Å². The Morgan fingerprint density at radius 1 is 1.23 bits per heavy atom. The first-order valence-corrected chi connectivity index (χ1v) is 8.10. The van der Waals surface area contributed by atoms with Crippen molar-refractivity contribution in [3.63, 3.8) is 0 Å². The van der Waals surface area contributed by atoms with Crippen LogP contribution in [0.2, 0.25) is 0 Å². The first-order valence-electron chi connectivity index (χ1n) is 8.10. The molecule has 1 N–H and O–H groups in total. The van der Waals surface area contributed by atoms with E-state index in [1.165, 1.54) is 5.56 Å². The van der Waals surface area contributed by atoms with Gasteiger partial charge in [0.15, 0.2) is 0 Å². The van der Waals surface area contributed by atoms with Crippen LogP contribution in [0.4, 0.5) is 0 Å². The van der Waals surface area contributed by atoms with Crippen LogP contribution in [0, 0.1) is 0 Å². The molecule has 2 rings (SSSR count). The van der Waals surface area contributed by atoms with Gasteiger partial charge in [-0.15, -0.1) is 0 Å². The summed E-state index contributed by atoms with van der Waals surface area (Å²) in [4.78, 5) is 14.8. The fourth-order valence-corrected chi connectivity index (χ4v) is 2.76. The lowest BCUT2D eigenvalue weighted by atomic mass is 10.00. The lowest BCUT2D eigenvalue weighted by molar-refractivity contribution is 0.0269. The number of nitrogens with one attached hydrogen (secondary N) is 1. The zero-order valence-electron chi connectivity index (χ0n) is 14.2. The third-order valence-corrected chi connectivity index (χ3v) is 4.01. The van der Waals surface area contributed by atoms with Crippen molar-refractivity contribution >= 4 is 5.91 Å². The van der Waals surface area contributed by atoms with Gasteiger partial charge in [-0.2, -0.15) is 0 Å². The standard InChI is InChI=1S/C18H28N2O2/c1-14(2)15-5-7-16(8-6-15)17(21)19-18(3,4)13-20-9-11-22-12-10-20/h5-8,14H,9-13H2,1-4H3,(H,19,21). The summed E-state index contributed by atoms with van der Waals surface area (Å²) in [6.07, 6.45) is 0. The molecule has 0 bridgehead atoms. The van der Waals surface area contributed by atoms with Crippen LogP contribution in [0.1, 0.15) is 49.5 Å². The van der Waals surface area contributed by atoms with E-state index in [9.17, 15) is 4.79 Å². The molecule has 1 saturated heterocycles. The molecule has 1 heterocycles. The maximum atomic E-state index is 12.4. The van der Waals surface area contributed by atoms with E-state index in [1.807, 2.05) is 24.3 Å².